The quantitative estimate of drug-likeness (QED) is 0.112. The van der Waals surface area contributed by atoms with Crippen LogP contribution < -0.4 is 0 Å². The summed E-state index contributed by atoms with van der Waals surface area (Å²) in [6, 6.07) is 12.5. The van der Waals surface area contributed by atoms with Gasteiger partial charge in [0.2, 0.25) is 0 Å². The molecule has 28 heavy (non-hydrogen) atoms. The molecule has 0 heterocycles. The molecule has 2 nitrogen and oxygen atoms in total. The number of unbranched alkanes of at least 4 members (excludes halogenated alkanes) is 5. The molecule has 0 fully saturated rings. The van der Waals surface area contributed by atoms with Gasteiger partial charge in [-0.1, -0.05) is 57.6 Å². The Morgan fingerprint density at radius 3 is 2.00 bits per heavy atom. The van der Waals surface area contributed by atoms with E-state index in [2.05, 4.69) is 36.3 Å². The third-order valence-corrected chi connectivity index (χ3v) is 3.76. The van der Waals surface area contributed by atoms with Gasteiger partial charge in [0.05, 0.1) is 0 Å². The van der Waals surface area contributed by atoms with E-state index in [9.17, 15) is 4.79 Å². The molecule has 1 unspecified atom stereocenters. The van der Waals surface area contributed by atoms with E-state index in [0.717, 1.165) is 25.8 Å². The Bertz CT molecular complexity index is 379. The molecule has 1 aromatic carbocycles. The average molecular weight is 617 g/mol. The second-order valence-electron chi connectivity index (χ2n) is 6.39. The molecule has 1 aromatic rings. The summed E-state index contributed by atoms with van der Waals surface area (Å²) in [5.41, 5.74) is 0. The Morgan fingerprint density at radius 1 is 0.964 bits per heavy atom. The summed E-state index contributed by atoms with van der Waals surface area (Å²) >= 11 is 0. The van der Waals surface area contributed by atoms with Crippen LogP contribution in [0.5, 0.6) is 0 Å². The van der Waals surface area contributed by atoms with Crippen molar-refractivity contribution < 1.29 is 30.6 Å². The largest absolute Gasteiger partial charge is 0.542 e. The smallest absolute Gasteiger partial charge is 0 e. The van der Waals surface area contributed by atoms with E-state index in [1.165, 1.54) is 32.1 Å². The Balaban J connectivity index is -0.000000151. The molecule has 0 saturated heterocycles. The summed E-state index contributed by atoms with van der Waals surface area (Å²) in [6.45, 7) is 3.20. The van der Waals surface area contributed by atoms with Crippen molar-refractivity contribution >= 4 is 43.5 Å². The van der Waals surface area contributed by atoms with Crippen molar-refractivity contribution in [3.05, 3.63) is 48.6 Å². The summed E-state index contributed by atoms with van der Waals surface area (Å²) in [5.74, 6) is 0.0729. The second kappa shape index (κ2) is 32.0. The predicted molar refractivity (Wildman–Crippen MR) is 127 cm³/mol. The van der Waals surface area contributed by atoms with Crippen molar-refractivity contribution in [2.45, 2.75) is 58.3 Å². The van der Waals surface area contributed by atoms with Gasteiger partial charge in [0.15, 0.2) is 0 Å². The predicted octanol–water partition coefficient (Wildman–Crippen LogP) is 6.72. The zero-order valence-electron chi connectivity index (χ0n) is 17.6. The van der Waals surface area contributed by atoms with Gasteiger partial charge in [-0.25, -0.2) is 0 Å². The van der Waals surface area contributed by atoms with Crippen LogP contribution in [0.1, 0.15) is 58.3 Å². The van der Waals surface area contributed by atoms with E-state index >= 15 is 0 Å². The number of rotatable bonds is 12. The molecule has 0 aromatic heterocycles. The Hall–Kier alpha value is 0.330. The summed E-state index contributed by atoms with van der Waals surface area (Å²) in [6.07, 6.45) is 16.1. The summed E-state index contributed by atoms with van der Waals surface area (Å²) in [4.78, 5) is 12.9. The van der Waals surface area contributed by atoms with Crippen LogP contribution in [0.3, 0.4) is 0 Å². The van der Waals surface area contributed by atoms with Crippen LogP contribution in [-0.2, 0) is 30.6 Å². The van der Waals surface area contributed by atoms with Crippen LogP contribution >= 0.6 is 37.2 Å². The fourth-order valence-electron chi connectivity index (χ4n) is 2.22. The minimum atomic E-state index is 0. The van der Waals surface area contributed by atoms with Gasteiger partial charge in [0, 0.05) is 25.8 Å². The molecule has 164 valence electrons. The van der Waals surface area contributed by atoms with Crippen molar-refractivity contribution in [2.24, 2.45) is 5.92 Å². The fourth-order valence-corrected chi connectivity index (χ4v) is 2.22. The number of hydrogen-bond acceptors (Lipinski definition) is 2. The van der Waals surface area contributed by atoms with E-state index in [1.54, 1.807) is 0 Å². The van der Waals surface area contributed by atoms with Crippen molar-refractivity contribution in [1.82, 2.24) is 4.90 Å². The summed E-state index contributed by atoms with van der Waals surface area (Å²) < 4.78 is 0. The first-order valence-corrected chi connectivity index (χ1v) is 9.29. The number of carbonyl (C=O) groups excluding carboxylic acids is 1. The van der Waals surface area contributed by atoms with Gasteiger partial charge < -0.3 is 9.69 Å². The molecule has 0 aliphatic rings. The molecule has 0 spiro atoms. The van der Waals surface area contributed by atoms with E-state index in [-0.39, 0.29) is 69.0 Å². The standard InChI is InChI=1S/C16H30NO.C6H5.3ClH.Hf/c1-4-5-6-7-8-9-10-11-12-16(15-18)13-14-17(2)3;1-2-4-6-5-3-1;;;;/h10-11,16H,4-9,12-14H2,1-3H3;1-5H;3*1H;/q2*-1;;;;. The van der Waals surface area contributed by atoms with E-state index in [1.807, 2.05) is 44.4 Å². The monoisotopic (exact) mass is 617 g/mol. The average Bonchev–Trinajstić information content (AvgIpc) is 2.61. The van der Waals surface area contributed by atoms with Gasteiger partial charge in [-0.15, -0.1) is 43.1 Å². The molecule has 6 heteroatoms. The van der Waals surface area contributed by atoms with E-state index in [4.69, 9.17) is 0 Å². The zero-order chi connectivity index (χ0) is 17.9. The van der Waals surface area contributed by atoms with Crippen molar-refractivity contribution in [3.8, 4) is 0 Å². The zero-order valence-corrected chi connectivity index (χ0v) is 23.6. The first-order chi connectivity index (χ1) is 11.7. The third-order valence-electron chi connectivity index (χ3n) is 3.76. The van der Waals surface area contributed by atoms with Crippen LogP contribution in [0.4, 0.5) is 0 Å². The van der Waals surface area contributed by atoms with Crippen molar-refractivity contribution in [1.29, 1.82) is 0 Å². The van der Waals surface area contributed by atoms with Crippen LogP contribution in [-0.4, -0.2) is 31.8 Å². The summed E-state index contributed by atoms with van der Waals surface area (Å²) in [7, 11) is 4.07. The molecule has 0 radical (unpaired) electrons. The minimum Gasteiger partial charge on any atom is -0.542 e. The van der Waals surface area contributed by atoms with Crippen molar-refractivity contribution in [3.63, 3.8) is 0 Å². The number of hydrogen-bond donors (Lipinski definition) is 0. The topological polar surface area (TPSA) is 20.3 Å². The molecule has 0 bridgehead atoms. The number of benzene rings is 1. The minimum absolute atomic E-state index is 0. The van der Waals surface area contributed by atoms with Crippen LogP contribution in [0.15, 0.2) is 42.5 Å². The maximum atomic E-state index is 10.8. The Morgan fingerprint density at radius 2 is 1.57 bits per heavy atom. The number of halogens is 3. The molecular formula is C22H38Cl3HfNO-2. The summed E-state index contributed by atoms with van der Waals surface area (Å²) in [5, 5.41) is 0. The molecule has 0 aliphatic heterocycles. The normalized spacial score (nSPS) is 10.3. The molecular weight excluding hydrogens is 579 g/mol. The first-order valence-electron chi connectivity index (χ1n) is 9.29. The second-order valence-corrected chi connectivity index (χ2v) is 6.39. The Kier molecular flexibility index (Phi) is 44.4. The molecule has 1 atom stereocenters. The van der Waals surface area contributed by atoms with Gasteiger partial charge in [-0.3, -0.25) is 6.29 Å². The SMILES string of the molecule is CCCCCCCC=CCC([C-]=O)CCN(C)C.Cl.Cl.Cl.[Hf].[c-]1ccccc1. The molecule has 0 aliphatic carbocycles. The van der Waals surface area contributed by atoms with Crippen LogP contribution in [0.25, 0.3) is 0 Å². The van der Waals surface area contributed by atoms with Crippen molar-refractivity contribution in [2.75, 3.05) is 20.6 Å². The number of allylic oxidation sites excluding steroid dienone is 2. The van der Waals surface area contributed by atoms with Gasteiger partial charge in [-0.2, -0.15) is 36.4 Å². The maximum absolute atomic E-state index is 10.8. The molecule has 1 rings (SSSR count). The number of nitrogens with zero attached hydrogens (tertiary/aromatic N) is 1. The van der Waals surface area contributed by atoms with Gasteiger partial charge in [-0.05, 0) is 33.5 Å². The van der Waals surface area contributed by atoms with Crippen LogP contribution in [0.2, 0.25) is 0 Å². The Labute approximate surface area is 211 Å². The molecule has 0 N–H and O–H groups in total. The molecule has 0 saturated carbocycles. The van der Waals surface area contributed by atoms with E-state index < -0.39 is 0 Å². The van der Waals surface area contributed by atoms with Gasteiger partial charge in [0.1, 0.15) is 0 Å². The maximum Gasteiger partial charge on any atom is 0 e. The third kappa shape index (κ3) is 31.0. The van der Waals surface area contributed by atoms with Crippen LogP contribution in [0, 0.1) is 12.0 Å². The first kappa shape index (κ1) is 38.9. The molecule has 0 amide bonds. The van der Waals surface area contributed by atoms with Gasteiger partial charge in [0.25, 0.3) is 0 Å². The fraction of sp³-hybridized carbons (Fsp3) is 0.591. The van der Waals surface area contributed by atoms with E-state index in [0.29, 0.717) is 0 Å². The van der Waals surface area contributed by atoms with Gasteiger partial charge >= 0.3 is 0 Å².